The number of carbonyl (C=O) groups excluding carboxylic acids is 2. The molecule has 0 atom stereocenters. The summed E-state index contributed by atoms with van der Waals surface area (Å²) < 4.78 is 76.6. The molecule has 3 aromatic rings. The molecule has 0 saturated carbocycles. The highest BCUT2D eigenvalue weighted by atomic mass is 35.5. The van der Waals surface area contributed by atoms with Gasteiger partial charge in [-0.2, -0.15) is 13.2 Å². The van der Waals surface area contributed by atoms with Crippen LogP contribution in [0.2, 0.25) is 5.02 Å². The molecular weight excluding hydrogens is 561 g/mol. The molecule has 0 heterocycles. The van der Waals surface area contributed by atoms with Crippen molar-refractivity contribution >= 4 is 44.9 Å². The normalized spacial score (nSPS) is 11.5. The van der Waals surface area contributed by atoms with Gasteiger partial charge >= 0.3 is 12.1 Å². The Bertz CT molecular complexity index is 1430. The predicted octanol–water partition coefficient (Wildman–Crippen LogP) is 6.13. The van der Waals surface area contributed by atoms with Gasteiger partial charge in [0.1, 0.15) is 5.75 Å². The molecule has 8 nitrogen and oxygen atoms in total. The monoisotopic (exact) mass is 584 g/mol. The molecule has 0 aliphatic rings. The first kappa shape index (κ1) is 29.8. The number of nitrogens with one attached hydrogen (secondary N) is 2. The van der Waals surface area contributed by atoms with E-state index in [9.17, 15) is 31.2 Å². The van der Waals surface area contributed by atoms with Crippen molar-refractivity contribution in [2.24, 2.45) is 0 Å². The Morgan fingerprint density at radius 3 is 2.33 bits per heavy atom. The fraction of sp³-hybridized carbons (Fsp3) is 0.231. The van der Waals surface area contributed by atoms with Gasteiger partial charge in [0.2, 0.25) is 0 Å². The summed E-state index contributed by atoms with van der Waals surface area (Å²) in [4.78, 5) is 23.9. The second kappa shape index (κ2) is 12.9. The van der Waals surface area contributed by atoms with Gasteiger partial charge in [-0.1, -0.05) is 31.0 Å². The van der Waals surface area contributed by atoms with Gasteiger partial charge in [-0.05, 0) is 67.1 Å². The van der Waals surface area contributed by atoms with E-state index in [1.165, 1.54) is 36.4 Å². The van der Waals surface area contributed by atoms with Gasteiger partial charge in [-0.3, -0.25) is 9.52 Å². The van der Waals surface area contributed by atoms with Crippen molar-refractivity contribution in [2.45, 2.75) is 30.8 Å². The summed E-state index contributed by atoms with van der Waals surface area (Å²) in [7, 11) is -4.27. The van der Waals surface area contributed by atoms with E-state index in [4.69, 9.17) is 21.1 Å². The number of hydrogen-bond donors (Lipinski definition) is 2. The molecule has 39 heavy (non-hydrogen) atoms. The molecular formula is C26H24ClF3N2O6S. The maximum absolute atomic E-state index is 12.9. The van der Waals surface area contributed by atoms with E-state index >= 15 is 0 Å². The minimum Gasteiger partial charge on any atom is -0.482 e. The Labute approximate surface area is 228 Å². The molecule has 3 aromatic carbocycles. The first-order valence-electron chi connectivity index (χ1n) is 11.6. The first-order chi connectivity index (χ1) is 18.4. The second-order valence-corrected chi connectivity index (χ2v) is 10.3. The van der Waals surface area contributed by atoms with Crippen molar-refractivity contribution < 1.29 is 40.7 Å². The number of halogens is 4. The lowest BCUT2D eigenvalue weighted by atomic mass is 10.2. The third kappa shape index (κ3) is 8.62. The van der Waals surface area contributed by atoms with Gasteiger partial charge in [0.15, 0.2) is 6.61 Å². The highest BCUT2D eigenvalue weighted by molar-refractivity contribution is 7.92. The number of unbranched alkanes of at least 4 members (excludes halogenated alkanes) is 1. The lowest BCUT2D eigenvalue weighted by molar-refractivity contribution is -0.137. The molecule has 3 rings (SSSR count). The van der Waals surface area contributed by atoms with Crippen molar-refractivity contribution in [2.75, 3.05) is 23.3 Å². The maximum atomic E-state index is 12.9. The molecule has 208 valence electrons. The van der Waals surface area contributed by atoms with Crippen LogP contribution in [0.15, 0.2) is 71.6 Å². The molecule has 0 aliphatic carbocycles. The Morgan fingerprint density at radius 1 is 0.974 bits per heavy atom. The number of carbonyl (C=O) groups is 2. The van der Waals surface area contributed by atoms with Gasteiger partial charge in [-0.15, -0.1) is 0 Å². The Hall–Kier alpha value is -3.77. The zero-order valence-corrected chi connectivity index (χ0v) is 22.1. The van der Waals surface area contributed by atoms with Crippen LogP contribution in [0.4, 0.5) is 24.5 Å². The van der Waals surface area contributed by atoms with Crippen LogP contribution in [-0.2, 0) is 25.7 Å². The molecule has 0 spiro atoms. The van der Waals surface area contributed by atoms with Gasteiger partial charge in [0.05, 0.1) is 27.7 Å². The summed E-state index contributed by atoms with van der Waals surface area (Å²) in [5.74, 6) is -1.00. The van der Waals surface area contributed by atoms with E-state index in [2.05, 4.69) is 10.0 Å². The molecule has 1 amide bonds. The SMILES string of the molecule is CCCCOC(=O)c1ccc(NC(=O)COc2ccc(S(=O)(=O)Nc3cccc(C(F)(F)F)c3)cc2Cl)cc1. The largest absolute Gasteiger partial charge is 0.482 e. The third-order valence-electron chi connectivity index (χ3n) is 5.15. The average molecular weight is 585 g/mol. The van der Waals surface area contributed by atoms with Crippen molar-refractivity contribution in [1.29, 1.82) is 0 Å². The van der Waals surface area contributed by atoms with Crippen LogP contribution in [0, 0.1) is 0 Å². The first-order valence-corrected chi connectivity index (χ1v) is 13.4. The zero-order valence-electron chi connectivity index (χ0n) is 20.5. The topological polar surface area (TPSA) is 111 Å². The number of sulfonamides is 1. The summed E-state index contributed by atoms with van der Waals surface area (Å²) >= 11 is 6.12. The second-order valence-electron chi connectivity index (χ2n) is 8.18. The smallest absolute Gasteiger partial charge is 0.416 e. The molecule has 13 heteroatoms. The summed E-state index contributed by atoms with van der Waals surface area (Å²) in [5.41, 5.74) is -0.547. The van der Waals surface area contributed by atoms with E-state index in [1.54, 1.807) is 0 Å². The van der Waals surface area contributed by atoms with Crippen molar-refractivity contribution in [1.82, 2.24) is 0 Å². The average Bonchev–Trinajstić information content (AvgIpc) is 2.88. The van der Waals surface area contributed by atoms with Gasteiger partial charge in [-0.25, -0.2) is 13.2 Å². The van der Waals surface area contributed by atoms with Crippen molar-refractivity contribution in [3.63, 3.8) is 0 Å². The standard InChI is InChI=1S/C26H24ClF3N2O6S/c1-2-3-13-37-25(34)17-7-9-19(10-8-17)31-24(33)16-38-23-12-11-21(15-22(23)27)39(35,36)32-20-6-4-5-18(14-20)26(28,29)30/h4-12,14-15,32H,2-3,13,16H2,1H3,(H,31,33). The zero-order chi connectivity index (χ0) is 28.6. The molecule has 2 N–H and O–H groups in total. The fourth-order valence-electron chi connectivity index (χ4n) is 3.16. The number of esters is 1. The summed E-state index contributed by atoms with van der Waals surface area (Å²) in [5, 5.41) is 2.44. The molecule has 0 unspecified atom stereocenters. The minimum absolute atomic E-state index is 0.00927. The van der Waals surface area contributed by atoms with Crippen LogP contribution >= 0.6 is 11.6 Å². The Balaban J connectivity index is 1.57. The maximum Gasteiger partial charge on any atom is 0.416 e. The molecule has 0 radical (unpaired) electrons. The van der Waals surface area contributed by atoms with Crippen LogP contribution in [0.25, 0.3) is 0 Å². The number of anilines is 2. The van der Waals surface area contributed by atoms with Gasteiger partial charge in [0, 0.05) is 11.4 Å². The number of amides is 1. The fourth-order valence-corrected chi connectivity index (χ4v) is 4.54. The highest BCUT2D eigenvalue weighted by Gasteiger charge is 2.30. The van der Waals surface area contributed by atoms with Crippen molar-refractivity contribution in [3.05, 3.63) is 82.9 Å². The minimum atomic E-state index is -4.64. The molecule has 0 bridgehead atoms. The number of ether oxygens (including phenoxy) is 2. The highest BCUT2D eigenvalue weighted by Crippen LogP contribution is 2.32. The Morgan fingerprint density at radius 2 is 1.69 bits per heavy atom. The van der Waals surface area contributed by atoms with Crippen LogP contribution < -0.4 is 14.8 Å². The lowest BCUT2D eigenvalue weighted by Crippen LogP contribution is -2.20. The quantitative estimate of drug-likeness (QED) is 0.207. The number of hydrogen-bond acceptors (Lipinski definition) is 6. The molecule has 0 aromatic heterocycles. The molecule has 0 aliphatic heterocycles. The predicted molar refractivity (Wildman–Crippen MR) is 139 cm³/mol. The van der Waals surface area contributed by atoms with Crippen LogP contribution in [0.1, 0.15) is 35.7 Å². The van der Waals surface area contributed by atoms with Gasteiger partial charge < -0.3 is 14.8 Å². The van der Waals surface area contributed by atoms with E-state index in [0.717, 1.165) is 37.1 Å². The van der Waals surface area contributed by atoms with E-state index in [0.29, 0.717) is 23.9 Å². The van der Waals surface area contributed by atoms with E-state index in [-0.39, 0.29) is 21.4 Å². The molecule has 0 fully saturated rings. The summed E-state index contributed by atoms with van der Waals surface area (Å²) in [6.07, 6.45) is -2.98. The number of rotatable bonds is 11. The van der Waals surface area contributed by atoms with E-state index < -0.39 is 40.2 Å². The third-order valence-corrected chi connectivity index (χ3v) is 6.82. The number of alkyl halides is 3. The van der Waals surface area contributed by atoms with Gasteiger partial charge in [0.25, 0.3) is 15.9 Å². The Kier molecular flexibility index (Phi) is 9.81. The van der Waals surface area contributed by atoms with Crippen LogP contribution in [0.3, 0.4) is 0 Å². The molecule has 0 saturated heterocycles. The van der Waals surface area contributed by atoms with Crippen LogP contribution in [0.5, 0.6) is 5.75 Å². The summed E-state index contributed by atoms with van der Waals surface area (Å²) in [6.45, 7) is 1.84. The van der Waals surface area contributed by atoms with Crippen LogP contribution in [-0.4, -0.2) is 33.5 Å². The summed E-state index contributed by atoms with van der Waals surface area (Å²) in [6, 6.07) is 13.2. The van der Waals surface area contributed by atoms with E-state index in [1.807, 2.05) is 6.92 Å². The lowest BCUT2D eigenvalue weighted by Gasteiger charge is -2.13. The number of benzene rings is 3. The van der Waals surface area contributed by atoms with Crippen molar-refractivity contribution in [3.8, 4) is 5.75 Å².